The number of H-pyrrole nitrogens is 1. The Balaban J connectivity index is 1.92. The van der Waals surface area contributed by atoms with Crippen molar-refractivity contribution in [2.75, 3.05) is 5.32 Å². The lowest BCUT2D eigenvalue weighted by Crippen LogP contribution is -2.42. The molecule has 3 nitrogen and oxygen atoms in total. The highest BCUT2D eigenvalue weighted by molar-refractivity contribution is 5.94. The lowest BCUT2D eigenvalue weighted by molar-refractivity contribution is 0.404. The molecule has 0 bridgehead atoms. The van der Waals surface area contributed by atoms with E-state index in [0.29, 0.717) is 6.04 Å². The lowest BCUT2D eigenvalue weighted by atomic mass is 9.91. The summed E-state index contributed by atoms with van der Waals surface area (Å²) in [4.78, 5) is 3.43. The van der Waals surface area contributed by atoms with Crippen LogP contribution in [0.4, 0.5) is 5.69 Å². The largest absolute Gasteiger partial charge is 0.379 e. The molecule has 3 heteroatoms. The SMILES string of the molecule is Cc1[nH]c2ccccc2c1NC1CCCCC1N. The van der Waals surface area contributed by atoms with Gasteiger partial charge >= 0.3 is 0 Å². The molecule has 18 heavy (non-hydrogen) atoms. The van der Waals surface area contributed by atoms with Crippen molar-refractivity contribution >= 4 is 16.6 Å². The van der Waals surface area contributed by atoms with Crippen molar-refractivity contribution in [3.63, 3.8) is 0 Å². The van der Waals surface area contributed by atoms with Crippen LogP contribution in [0.5, 0.6) is 0 Å². The van der Waals surface area contributed by atoms with Crippen LogP contribution in [-0.2, 0) is 0 Å². The lowest BCUT2D eigenvalue weighted by Gasteiger charge is -2.30. The van der Waals surface area contributed by atoms with Gasteiger partial charge < -0.3 is 16.0 Å². The zero-order valence-electron chi connectivity index (χ0n) is 10.9. The van der Waals surface area contributed by atoms with Crippen LogP contribution in [0.15, 0.2) is 24.3 Å². The number of anilines is 1. The maximum Gasteiger partial charge on any atom is 0.0630 e. The van der Waals surface area contributed by atoms with E-state index in [2.05, 4.69) is 41.5 Å². The molecule has 2 atom stereocenters. The number of hydrogen-bond acceptors (Lipinski definition) is 2. The standard InChI is InChI=1S/C15H21N3/c1-10-15(11-6-2-4-8-13(11)17-10)18-14-9-5-3-7-12(14)16/h2,4,6,8,12,14,17-18H,3,5,7,9,16H2,1H3. The molecule has 1 aliphatic carbocycles. The van der Waals surface area contributed by atoms with Gasteiger partial charge in [-0.25, -0.2) is 0 Å². The average molecular weight is 243 g/mol. The first-order valence-electron chi connectivity index (χ1n) is 6.85. The molecule has 1 aliphatic rings. The van der Waals surface area contributed by atoms with Crippen LogP contribution in [0.3, 0.4) is 0 Å². The Hall–Kier alpha value is -1.48. The molecule has 1 aromatic heterocycles. The fourth-order valence-corrected chi connectivity index (χ4v) is 2.99. The first-order chi connectivity index (χ1) is 8.75. The molecule has 0 spiro atoms. The Bertz CT molecular complexity index is 544. The van der Waals surface area contributed by atoms with Crippen LogP contribution in [0.25, 0.3) is 10.9 Å². The third-order valence-corrected chi connectivity index (χ3v) is 4.04. The summed E-state index contributed by atoms with van der Waals surface area (Å²) in [5, 5.41) is 4.94. The Labute approximate surface area is 108 Å². The second-order valence-corrected chi connectivity index (χ2v) is 5.37. The summed E-state index contributed by atoms with van der Waals surface area (Å²) in [6.45, 7) is 2.12. The van der Waals surface area contributed by atoms with Crippen molar-refractivity contribution in [3.05, 3.63) is 30.0 Å². The number of nitrogens with one attached hydrogen (secondary N) is 2. The monoisotopic (exact) mass is 243 g/mol. The number of rotatable bonds is 2. The zero-order valence-corrected chi connectivity index (χ0v) is 10.9. The number of hydrogen-bond donors (Lipinski definition) is 3. The molecular formula is C15H21N3. The third-order valence-electron chi connectivity index (χ3n) is 4.04. The molecule has 1 heterocycles. The average Bonchev–Trinajstić information content (AvgIpc) is 2.69. The van der Waals surface area contributed by atoms with E-state index in [1.807, 2.05) is 0 Å². The Morgan fingerprint density at radius 3 is 2.83 bits per heavy atom. The predicted molar refractivity (Wildman–Crippen MR) is 76.9 cm³/mol. The Kier molecular flexibility index (Phi) is 3.00. The molecule has 4 N–H and O–H groups in total. The van der Waals surface area contributed by atoms with Gasteiger partial charge in [0, 0.05) is 28.7 Å². The molecule has 1 saturated carbocycles. The molecule has 1 aromatic carbocycles. The quantitative estimate of drug-likeness (QED) is 0.759. The second kappa shape index (κ2) is 4.65. The van der Waals surface area contributed by atoms with E-state index in [0.717, 1.165) is 6.42 Å². The normalized spacial score (nSPS) is 24.3. The molecule has 2 unspecified atom stereocenters. The van der Waals surface area contributed by atoms with Crippen molar-refractivity contribution in [2.45, 2.75) is 44.7 Å². The van der Waals surface area contributed by atoms with Crippen LogP contribution in [0.1, 0.15) is 31.4 Å². The van der Waals surface area contributed by atoms with Crippen molar-refractivity contribution in [2.24, 2.45) is 5.73 Å². The summed E-state index contributed by atoms with van der Waals surface area (Å²) in [6, 6.07) is 9.13. The highest BCUT2D eigenvalue weighted by Gasteiger charge is 2.23. The molecule has 1 fully saturated rings. The van der Waals surface area contributed by atoms with E-state index in [1.54, 1.807) is 0 Å². The van der Waals surface area contributed by atoms with E-state index < -0.39 is 0 Å². The van der Waals surface area contributed by atoms with Gasteiger partial charge in [-0.1, -0.05) is 31.0 Å². The van der Waals surface area contributed by atoms with Crippen LogP contribution >= 0.6 is 0 Å². The molecule has 0 radical (unpaired) electrons. The topological polar surface area (TPSA) is 53.8 Å². The van der Waals surface area contributed by atoms with Gasteiger partial charge in [-0.15, -0.1) is 0 Å². The van der Waals surface area contributed by atoms with Crippen molar-refractivity contribution < 1.29 is 0 Å². The van der Waals surface area contributed by atoms with E-state index in [-0.39, 0.29) is 6.04 Å². The van der Waals surface area contributed by atoms with Crippen LogP contribution in [0.2, 0.25) is 0 Å². The summed E-state index contributed by atoms with van der Waals surface area (Å²) in [6.07, 6.45) is 4.87. The number of fused-ring (bicyclic) bond motifs is 1. The number of nitrogens with two attached hydrogens (primary N) is 1. The highest BCUT2D eigenvalue weighted by Crippen LogP contribution is 2.30. The molecular weight excluding hydrogens is 222 g/mol. The van der Waals surface area contributed by atoms with E-state index in [1.165, 1.54) is 41.5 Å². The molecule has 3 rings (SSSR count). The van der Waals surface area contributed by atoms with Crippen molar-refractivity contribution in [3.8, 4) is 0 Å². The van der Waals surface area contributed by atoms with E-state index >= 15 is 0 Å². The second-order valence-electron chi connectivity index (χ2n) is 5.37. The van der Waals surface area contributed by atoms with E-state index in [4.69, 9.17) is 5.73 Å². The predicted octanol–water partition coefficient (Wildman–Crippen LogP) is 3.16. The van der Waals surface area contributed by atoms with Gasteiger partial charge in [0.15, 0.2) is 0 Å². The third kappa shape index (κ3) is 1.99. The van der Waals surface area contributed by atoms with Crippen molar-refractivity contribution in [1.82, 2.24) is 4.98 Å². The summed E-state index contributed by atoms with van der Waals surface area (Å²) < 4.78 is 0. The smallest absolute Gasteiger partial charge is 0.0630 e. The van der Waals surface area contributed by atoms with Gasteiger partial charge in [-0.3, -0.25) is 0 Å². The number of benzene rings is 1. The summed E-state index contributed by atoms with van der Waals surface area (Å²) in [7, 11) is 0. The summed E-state index contributed by atoms with van der Waals surface area (Å²) >= 11 is 0. The maximum absolute atomic E-state index is 6.22. The maximum atomic E-state index is 6.22. The molecule has 0 amide bonds. The fraction of sp³-hybridized carbons (Fsp3) is 0.467. The fourth-order valence-electron chi connectivity index (χ4n) is 2.99. The van der Waals surface area contributed by atoms with Gasteiger partial charge in [0.2, 0.25) is 0 Å². The number of aromatic amines is 1. The molecule has 0 saturated heterocycles. The van der Waals surface area contributed by atoms with Crippen LogP contribution in [-0.4, -0.2) is 17.1 Å². The van der Waals surface area contributed by atoms with Crippen LogP contribution in [0, 0.1) is 6.92 Å². The highest BCUT2D eigenvalue weighted by atomic mass is 15.0. The Morgan fingerprint density at radius 1 is 1.22 bits per heavy atom. The minimum Gasteiger partial charge on any atom is -0.379 e. The molecule has 0 aliphatic heterocycles. The number of aryl methyl sites for hydroxylation is 1. The minimum atomic E-state index is 0.284. The Morgan fingerprint density at radius 2 is 2.00 bits per heavy atom. The first kappa shape index (κ1) is 11.6. The zero-order chi connectivity index (χ0) is 12.5. The summed E-state index contributed by atoms with van der Waals surface area (Å²) in [5.74, 6) is 0. The molecule has 96 valence electrons. The molecule has 2 aromatic rings. The van der Waals surface area contributed by atoms with Gasteiger partial charge in [0.25, 0.3) is 0 Å². The van der Waals surface area contributed by atoms with Gasteiger partial charge in [-0.2, -0.15) is 0 Å². The number of para-hydroxylation sites is 1. The van der Waals surface area contributed by atoms with Gasteiger partial charge in [0.1, 0.15) is 0 Å². The van der Waals surface area contributed by atoms with Gasteiger partial charge in [-0.05, 0) is 25.8 Å². The first-order valence-corrected chi connectivity index (χ1v) is 6.85. The summed E-state index contributed by atoms with van der Waals surface area (Å²) in [5.41, 5.74) is 9.85. The van der Waals surface area contributed by atoms with Gasteiger partial charge in [0.05, 0.1) is 5.69 Å². The van der Waals surface area contributed by atoms with Crippen LogP contribution < -0.4 is 11.1 Å². The minimum absolute atomic E-state index is 0.284. The number of aromatic nitrogens is 1. The van der Waals surface area contributed by atoms with E-state index in [9.17, 15) is 0 Å². The van der Waals surface area contributed by atoms with Crippen molar-refractivity contribution in [1.29, 1.82) is 0 Å².